The highest BCUT2D eigenvalue weighted by Crippen LogP contribution is 2.26. The fraction of sp³-hybridized carbons (Fsp3) is 0.423. The average Bonchev–Trinajstić information content (AvgIpc) is 3.62. The van der Waals surface area contributed by atoms with E-state index in [-0.39, 0.29) is 17.9 Å². The van der Waals surface area contributed by atoms with Crippen molar-refractivity contribution in [2.75, 3.05) is 26.7 Å². The van der Waals surface area contributed by atoms with Crippen LogP contribution in [0.2, 0.25) is 0 Å². The monoisotopic (exact) mass is 529 g/mol. The molecule has 37 heavy (non-hydrogen) atoms. The number of carbonyl (C=O) groups excluding carboxylic acids is 3. The second-order valence-corrected chi connectivity index (χ2v) is 11.0. The van der Waals surface area contributed by atoms with E-state index in [1.165, 1.54) is 23.5 Å². The number of likely N-dealkylation sites (tertiary alicyclic amines) is 1. The van der Waals surface area contributed by atoms with Gasteiger partial charge in [0.25, 0.3) is 0 Å². The zero-order valence-corrected chi connectivity index (χ0v) is 21.5. The molecule has 2 fully saturated rings. The van der Waals surface area contributed by atoms with Gasteiger partial charge in [0, 0.05) is 26.1 Å². The molecule has 0 saturated carbocycles. The first-order chi connectivity index (χ1) is 17.8. The zero-order valence-electron chi connectivity index (χ0n) is 20.7. The molecule has 2 aromatic carbocycles. The summed E-state index contributed by atoms with van der Waals surface area (Å²) in [5.74, 6) is -0.816. The van der Waals surface area contributed by atoms with Gasteiger partial charge < -0.3 is 19.7 Å². The van der Waals surface area contributed by atoms with Gasteiger partial charge in [0.1, 0.15) is 17.8 Å². The van der Waals surface area contributed by atoms with Gasteiger partial charge in [-0.25, -0.2) is 18.0 Å². The summed E-state index contributed by atoms with van der Waals surface area (Å²) < 4.78 is 37.7. The Bertz CT molecular complexity index is 1210. The number of nitrogens with zero attached hydrogens (tertiary/aromatic N) is 2. The van der Waals surface area contributed by atoms with Crippen LogP contribution in [0.5, 0.6) is 5.75 Å². The van der Waals surface area contributed by atoms with Crippen LogP contribution in [0, 0.1) is 0 Å². The van der Waals surface area contributed by atoms with Crippen LogP contribution in [0.15, 0.2) is 59.5 Å². The molecule has 4 rings (SSSR count). The average molecular weight is 530 g/mol. The van der Waals surface area contributed by atoms with Gasteiger partial charge in [0.2, 0.25) is 15.9 Å². The van der Waals surface area contributed by atoms with Crippen LogP contribution in [0.4, 0.5) is 4.79 Å². The molecule has 198 valence electrons. The number of benzene rings is 2. The number of amides is 2. The quantitative estimate of drug-likeness (QED) is 0.521. The molecule has 2 heterocycles. The minimum absolute atomic E-state index is 0.115. The Hall–Kier alpha value is -3.44. The molecule has 2 unspecified atom stereocenters. The van der Waals surface area contributed by atoms with Gasteiger partial charge in [0.05, 0.1) is 12.0 Å². The predicted molar refractivity (Wildman–Crippen MR) is 134 cm³/mol. The molecular weight excluding hydrogens is 498 g/mol. The molecule has 2 aliphatic rings. The Morgan fingerprint density at radius 3 is 2.30 bits per heavy atom. The van der Waals surface area contributed by atoms with Crippen molar-refractivity contribution in [2.45, 2.75) is 49.1 Å². The van der Waals surface area contributed by atoms with E-state index >= 15 is 0 Å². The molecular formula is C26H31N3O7S. The molecule has 2 saturated heterocycles. The molecule has 11 heteroatoms. The lowest BCUT2D eigenvalue weighted by Gasteiger charge is -2.25. The van der Waals surface area contributed by atoms with Gasteiger partial charge in [-0.1, -0.05) is 30.3 Å². The van der Waals surface area contributed by atoms with Crippen molar-refractivity contribution in [1.29, 1.82) is 0 Å². The number of hydrogen-bond donors (Lipinski definition) is 1. The smallest absolute Gasteiger partial charge is 0.415 e. The number of rotatable bonds is 8. The molecule has 0 bridgehead atoms. The summed E-state index contributed by atoms with van der Waals surface area (Å²) >= 11 is 0. The van der Waals surface area contributed by atoms with Crippen LogP contribution < -0.4 is 10.1 Å². The molecule has 0 aromatic heterocycles. The summed E-state index contributed by atoms with van der Waals surface area (Å²) in [6, 6.07) is 12.7. The van der Waals surface area contributed by atoms with Crippen molar-refractivity contribution < 1.29 is 32.3 Å². The molecule has 0 aliphatic carbocycles. The van der Waals surface area contributed by atoms with Gasteiger partial charge in [-0.15, -0.1) is 0 Å². The molecule has 10 nitrogen and oxygen atoms in total. The summed E-state index contributed by atoms with van der Waals surface area (Å²) in [6.07, 6.45) is 2.54. The van der Waals surface area contributed by atoms with E-state index in [1.807, 2.05) is 0 Å². The van der Waals surface area contributed by atoms with E-state index < -0.39 is 40.1 Å². The van der Waals surface area contributed by atoms with Gasteiger partial charge in [-0.05, 0) is 55.5 Å². The van der Waals surface area contributed by atoms with Crippen LogP contribution in [-0.2, 0) is 30.8 Å². The molecule has 1 N–H and O–H groups in total. The van der Waals surface area contributed by atoms with Gasteiger partial charge in [-0.3, -0.25) is 4.79 Å². The number of ether oxygens (including phenoxy) is 2. The molecule has 2 aliphatic heterocycles. The number of hydrogen-bond acceptors (Lipinski definition) is 7. The van der Waals surface area contributed by atoms with Crippen molar-refractivity contribution in [1.82, 2.24) is 14.5 Å². The van der Waals surface area contributed by atoms with Crippen LogP contribution in [0.25, 0.3) is 0 Å². The Morgan fingerprint density at radius 2 is 1.65 bits per heavy atom. The third-order valence-corrected chi connectivity index (χ3v) is 8.51. The van der Waals surface area contributed by atoms with Crippen molar-refractivity contribution in [3.05, 3.63) is 60.2 Å². The Morgan fingerprint density at radius 1 is 0.973 bits per heavy atom. The lowest BCUT2D eigenvalue weighted by atomic mass is 10.0. The van der Waals surface area contributed by atoms with Crippen LogP contribution in [-0.4, -0.2) is 74.4 Å². The third kappa shape index (κ3) is 6.28. The summed E-state index contributed by atoms with van der Waals surface area (Å²) in [4.78, 5) is 39.6. The normalized spacial score (nSPS) is 18.8. The summed E-state index contributed by atoms with van der Waals surface area (Å²) in [7, 11) is -2.64. The Labute approximate surface area is 216 Å². The summed E-state index contributed by atoms with van der Waals surface area (Å²) in [5.41, 5.74) is 0.705. The Balaban J connectivity index is 1.42. The highest BCUT2D eigenvalue weighted by atomic mass is 32.2. The number of nitrogens with one attached hydrogen (secondary N) is 1. The highest BCUT2D eigenvalue weighted by Gasteiger charge is 2.40. The molecule has 0 spiro atoms. The Kier molecular flexibility index (Phi) is 8.45. The van der Waals surface area contributed by atoms with E-state index in [1.54, 1.807) is 47.4 Å². The highest BCUT2D eigenvalue weighted by molar-refractivity contribution is 7.89. The van der Waals surface area contributed by atoms with Gasteiger partial charge in [0.15, 0.2) is 0 Å². The van der Waals surface area contributed by atoms with Crippen LogP contribution in [0.3, 0.4) is 0 Å². The largest absolute Gasteiger partial charge is 0.467 e. The van der Waals surface area contributed by atoms with E-state index in [9.17, 15) is 22.8 Å². The fourth-order valence-corrected chi connectivity index (χ4v) is 6.29. The second kappa shape index (κ2) is 11.7. The van der Waals surface area contributed by atoms with Gasteiger partial charge in [-0.2, -0.15) is 4.31 Å². The second-order valence-electron chi connectivity index (χ2n) is 9.08. The standard InChI is InChI=1S/C26H31N3O7S/c1-35-25(31)22(18-19-11-13-20(14-12-19)36-26(32)28-15-5-6-16-28)27-24(30)23-10-7-17-29(23)37(33,34)21-8-3-2-4-9-21/h2-4,8-9,11-14,22-23H,5-7,10,15-18H2,1H3,(H,27,30). The summed E-state index contributed by atoms with van der Waals surface area (Å²) in [5, 5.41) is 2.68. The number of esters is 1. The van der Waals surface area contributed by atoms with Crippen molar-refractivity contribution in [2.24, 2.45) is 0 Å². The predicted octanol–water partition coefficient (Wildman–Crippen LogP) is 2.33. The maximum Gasteiger partial charge on any atom is 0.415 e. The maximum atomic E-state index is 13.2. The zero-order chi connectivity index (χ0) is 26.4. The van der Waals surface area contributed by atoms with E-state index in [0.717, 1.165) is 12.8 Å². The van der Waals surface area contributed by atoms with Crippen LogP contribution >= 0.6 is 0 Å². The fourth-order valence-electron chi connectivity index (χ4n) is 4.62. The number of carbonyl (C=O) groups is 3. The first-order valence-electron chi connectivity index (χ1n) is 12.3. The lowest BCUT2D eigenvalue weighted by Crippen LogP contribution is -2.51. The van der Waals surface area contributed by atoms with E-state index in [4.69, 9.17) is 9.47 Å². The van der Waals surface area contributed by atoms with E-state index in [0.29, 0.717) is 37.2 Å². The van der Waals surface area contributed by atoms with Crippen molar-refractivity contribution in [3.63, 3.8) is 0 Å². The summed E-state index contributed by atoms with van der Waals surface area (Å²) in [6.45, 7) is 1.58. The molecule has 2 aromatic rings. The maximum absolute atomic E-state index is 13.2. The third-order valence-electron chi connectivity index (χ3n) is 6.59. The van der Waals surface area contributed by atoms with Crippen molar-refractivity contribution >= 4 is 28.0 Å². The van der Waals surface area contributed by atoms with Crippen molar-refractivity contribution in [3.8, 4) is 5.75 Å². The number of methoxy groups -OCH3 is 1. The van der Waals surface area contributed by atoms with Crippen LogP contribution in [0.1, 0.15) is 31.2 Å². The molecule has 2 amide bonds. The van der Waals surface area contributed by atoms with Gasteiger partial charge >= 0.3 is 12.1 Å². The minimum Gasteiger partial charge on any atom is -0.467 e. The first-order valence-corrected chi connectivity index (χ1v) is 13.7. The minimum atomic E-state index is -3.86. The first kappa shape index (κ1) is 26.6. The molecule has 0 radical (unpaired) electrons. The SMILES string of the molecule is COC(=O)C(Cc1ccc(OC(=O)N2CCCC2)cc1)NC(=O)C1CCCN1S(=O)(=O)c1ccccc1. The molecule has 2 atom stereocenters. The lowest BCUT2D eigenvalue weighted by molar-refractivity contribution is -0.145. The number of sulfonamides is 1. The van der Waals surface area contributed by atoms with E-state index in [2.05, 4.69) is 5.32 Å². The topological polar surface area (TPSA) is 122 Å².